The Bertz CT molecular complexity index is 612. The molecule has 0 radical (unpaired) electrons. The molecule has 5 nitrogen and oxygen atoms in total. The first kappa shape index (κ1) is 20.4. The molecule has 1 heterocycles. The van der Waals surface area contributed by atoms with Gasteiger partial charge >= 0.3 is 12.4 Å². The molecular formula is C18H26F3N3O2. The quantitative estimate of drug-likeness (QED) is 0.812. The fourth-order valence-electron chi connectivity index (χ4n) is 2.81. The third kappa shape index (κ3) is 6.40. The van der Waals surface area contributed by atoms with Gasteiger partial charge in [-0.05, 0) is 45.4 Å². The van der Waals surface area contributed by atoms with Crippen molar-refractivity contribution in [3.8, 4) is 0 Å². The molecule has 1 aliphatic heterocycles. The fourth-order valence-corrected chi connectivity index (χ4v) is 2.81. The zero-order valence-corrected chi connectivity index (χ0v) is 15.6. The van der Waals surface area contributed by atoms with E-state index in [-0.39, 0.29) is 17.8 Å². The van der Waals surface area contributed by atoms with E-state index in [0.29, 0.717) is 26.2 Å². The lowest BCUT2D eigenvalue weighted by molar-refractivity contribution is -0.0999. The minimum atomic E-state index is -4.44. The third-order valence-electron chi connectivity index (χ3n) is 4.04. The molecule has 1 aliphatic rings. The lowest BCUT2D eigenvalue weighted by Gasteiger charge is -2.40. The lowest BCUT2D eigenvalue weighted by atomic mass is 10.1. The average Bonchev–Trinajstić information content (AvgIpc) is 2.48. The maximum atomic E-state index is 12.3. The minimum absolute atomic E-state index is 0.0176. The Morgan fingerprint density at radius 3 is 2.31 bits per heavy atom. The molecular weight excluding hydrogens is 347 g/mol. The van der Waals surface area contributed by atoms with Gasteiger partial charge in [-0.15, -0.1) is 0 Å². The topological polar surface area (TPSA) is 44.8 Å². The number of alkyl halides is 3. The number of carbonyl (C=O) groups excluding carboxylic acids is 1. The Labute approximate surface area is 152 Å². The largest absolute Gasteiger partial charge is 0.482 e. The molecule has 1 saturated heterocycles. The van der Waals surface area contributed by atoms with Gasteiger partial charge in [-0.3, -0.25) is 10.2 Å². The van der Waals surface area contributed by atoms with Gasteiger partial charge in [0, 0.05) is 37.9 Å². The van der Waals surface area contributed by atoms with Crippen LogP contribution in [0.3, 0.4) is 0 Å². The highest BCUT2D eigenvalue weighted by molar-refractivity contribution is 5.68. The second-order valence-corrected chi connectivity index (χ2v) is 7.57. The van der Waals surface area contributed by atoms with E-state index >= 15 is 0 Å². The minimum Gasteiger partial charge on any atom is -0.444 e. The molecule has 0 aliphatic carbocycles. The summed E-state index contributed by atoms with van der Waals surface area (Å²) in [5.74, 6) is 0. The van der Waals surface area contributed by atoms with Gasteiger partial charge < -0.3 is 9.64 Å². The molecule has 2 rings (SSSR count). The highest BCUT2D eigenvalue weighted by atomic mass is 19.4. The highest BCUT2D eigenvalue weighted by Gasteiger charge is 2.30. The van der Waals surface area contributed by atoms with Crippen LogP contribution >= 0.6 is 0 Å². The number of anilines is 1. The number of hydrogen-bond donors (Lipinski definition) is 1. The first-order chi connectivity index (χ1) is 11.9. The molecule has 1 aromatic rings. The van der Waals surface area contributed by atoms with E-state index in [1.807, 2.05) is 27.7 Å². The van der Waals surface area contributed by atoms with Gasteiger partial charge in [0.2, 0.25) is 0 Å². The summed E-state index contributed by atoms with van der Waals surface area (Å²) in [5.41, 5.74) is 0.420. The van der Waals surface area contributed by atoms with Crippen molar-refractivity contribution in [2.45, 2.75) is 52.2 Å². The van der Waals surface area contributed by atoms with Crippen LogP contribution in [0.5, 0.6) is 0 Å². The number of benzene rings is 1. The fraction of sp³-hybridized carbons (Fsp3) is 0.611. The van der Waals surface area contributed by atoms with Crippen molar-refractivity contribution in [3.05, 3.63) is 29.8 Å². The van der Waals surface area contributed by atoms with Crippen molar-refractivity contribution in [3.63, 3.8) is 0 Å². The van der Waals surface area contributed by atoms with Crippen molar-refractivity contribution in [2.75, 3.05) is 25.0 Å². The van der Waals surface area contributed by atoms with Gasteiger partial charge in [0.1, 0.15) is 5.60 Å². The SMILES string of the molecule is C[C@H]1CN(C(=O)OC(C)(C)C)CCN1Cc1ccc(NC(F)(F)F)cc1. The number of nitrogens with zero attached hydrogens (tertiary/aromatic N) is 2. The Morgan fingerprint density at radius 1 is 1.19 bits per heavy atom. The van der Waals surface area contributed by atoms with Crippen LogP contribution in [-0.4, -0.2) is 53.5 Å². The normalized spacial score (nSPS) is 19.3. The molecule has 146 valence electrons. The van der Waals surface area contributed by atoms with Crippen LogP contribution in [0.4, 0.5) is 23.7 Å². The predicted octanol–water partition coefficient (Wildman–Crippen LogP) is 4.06. The number of hydrogen-bond acceptors (Lipinski definition) is 4. The average molecular weight is 373 g/mol. The molecule has 1 atom stereocenters. The third-order valence-corrected chi connectivity index (χ3v) is 4.04. The molecule has 1 amide bonds. The number of halogens is 3. The molecule has 26 heavy (non-hydrogen) atoms. The summed E-state index contributed by atoms with van der Waals surface area (Å²) in [6.45, 7) is 9.95. The number of amides is 1. The van der Waals surface area contributed by atoms with Crippen molar-refractivity contribution >= 4 is 11.8 Å². The van der Waals surface area contributed by atoms with E-state index in [2.05, 4.69) is 4.90 Å². The van der Waals surface area contributed by atoms with Crippen molar-refractivity contribution in [2.24, 2.45) is 0 Å². The van der Waals surface area contributed by atoms with Crippen LogP contribution in [0.2, 0.25) is 0 Å². The van der Waals surface area contributed by atoms with Crippen LogP contribution in [0, 0.1) is 0 Å². The number of carbonyl (C=O) groups is 1. The summed E-state index contributed by atoms with van der Waals surface area (Å²) in [5, 5.41) is 1.49. The Morgan fingerprint density at radius 2 is 1.81 bits per heavy atom. The van der Waals surface area contributed by atoms with Crippen LogP contribution < -0.4 is 5.32 Å². The molecule has 0 saturated carbocycles. The van der Waals surface area contributed by atoms with E-state index < -0.39 is 11.9 Å². The molecule has 1 aromatic carbocycles. The smallest absolute Gasteiger partial charge is 0.444 e. The summed E-state index contributed by atoms with van der Waals surface area (Å²) in [7, 11) is 0. The van der Waals surface area contributed by atoms with Crippen molar-refractivity contribution in [1.82, 2.24) is 9.80 Å². The Hall–Kier alpha value is -1.96. The number of ether oxygens (including phenoxy) is 1. The molecule has 0 unspecified atom stereocenters. The van der Waals surface area contributed by atoms with Crippen molar-refractivity contribution < 1.29 is 22.7 Å². The second kappa shape index (κ2) is 7.73. The summed E-state index contributed by atoms with van der Waals surface area (Å²) in [6, 6.07) is 6.33. The van der Waals surface area contributed by atoms with Gasteiger partial charge in [0.25, 0.3) is 0 Å². The van der Waals surface area contributed by atoms with Gasteiger partial charge in [-0.2, -0.15) is 13.2 Å². The molecule has 0 spiro atoms. The van der Waals surface area contributed by atoms with Gasteiger partial charge in [-0.25, -0.2) is 4.79 Å². The summed E-state index contributed by atoms with van der Waals surface area (Å²) < 4.78 is 42.3. The van der Waals surface area contributed by atoms with Gasteiger partial charge in [0.15, 0.2) is 0 Å². The highest BCUT2D eigenvalue weighted by Crippen LogP contribution is 2.21. The Kier molecular flexibility index (Phi) is 6.05. The standard InChI is InChI=1S/C18H26F3N3O2/c1-13-11-24(16(25)26-17(2,3)4)10-9-23(13)12-14-5-7-15(8-6-14)22-18(19,20)21/h5-8,13,22H,9-12H2,1-4H3/t13-/m0/s1. The van der Waals surface area contributed by atoms with E-state index in [1.54, 1.807) is 17.0 Å². The predicted molar refractivity (Wildman–Crippen MR) is 93.8 cm³/mol. The summed E-state index contributed by atoms with van der Waals surface area (Å²) >= 11 is 0. The number of nitrogens with one attached hydrogen (secondary N) is 1. The summed E-state index contributed by atoms with van der Waals surface area (Å²) in [4.78, 5) is 16.1. The molecule has 0 aromatic heterocycles. The van der Waals surface area contributed by atoms with E-state index in [0.717, 1.165) is 5.56 Å². The second-order valence-electron chi connectivity index (χ2n) is 7.57. The molecule has 1 fully saturated rings. The van der Waals surface area contributed by atoms with Crippen molar-refractivity contribution in [1.29, 1.82) is 0 Å². The number of piperazine rings is 1. The molecule has 1 N–H and O–H groups in total. The molecule has 8 heteroatoms. The van der Waals surface area contributed by atoms with E-state index in [4.69, 9.17) is 4.74 Å². The molecule has 0 bridgehead atoms. The van der Waals surface area contributed by atoms with E-state index in [9.17, 15) is 18.0 Å². The number of rotatable bonds is 3. The van der Waals surface area contributed by atoms with Gasteiger partial charge in [-0.1, -0.05) is 12.1 Å². The monoisotopic (exact) mass is 373 g/mol. The first-order valence-electron chi connectivity index (χ1n) is 8.59. The maximum absolute atomic E-state index is 12.3. The van der Waals surface area contributed by atoms with Crippen LogP contribution in [-0.2, 0) is 11.3 Å². The zero-order valence-electron chi connectivity index (χ0n) is 15.6. The van der Waals surface area contributed by atoms with Crippen LogP contribution in [0.25, 0.3) is 0 Å². The maximum Gasteiger partial charge on any atom is 0.482 e. The first-order valence-corrected chi connectivity index (χ1v) is 8.59. The van der Waals surface area contributed by atoms with Gasteiger partial charge in [0.05, 0.1) is 0 Å². The lowest BCUT2D eigenvalue weighted by Crippen LogP contribution is -2.54. The van der Waals surface area contributed by atoms with E-state index in [1.165, 1.54) is 17.4 Å². The zero-order chi connectivity index (χ0) is 19.5. The van der Waals surface area contributed by atoms with Crippen LogP contribution in [0.1, 0.15) is 33.3 Å². The van der Waals surface area contributed by atoms with Crippen LogP contribution in [0.15, 0.2) is 24.3 Å². The Balaban J connectivity index is 1.89. The summed E-state index contributed by atoms with van der Waals surface area (Å²) in [6.07, 6.45) is -4.75.